The van der Waals surface area contributed by atoms with E-state index in [1.807, 2.05) is 48.5 Å². The Morgan fingerprint density at radius 2 is 1.19 bits per heavy atom. The van der Waals surface area contributed by atoms with Gasteiger partial charge < -0.3 is 10.2 Å². The SMILES string of the molecule is Oc1c(Br)cc(C2(c3cc(Br)c(O)c(Br)c3)OSc3ccccc32)cc1Br. The minimum atomic E-state index is -0.918. The lowest BCUT2D eigenvalue weighted by molar-refractivity contribution is 0.204. The zero-order valence-electron chi connectivity index (χ0n) is 13.3. The van der Waals surface area contributed by atoms with E-state index in [0.717, 1.165) is 21.6 Å². The summed E-state index contributed by atoms with van der Waals surface area (Å²) in [6.45, 7) is 0. The van der Waals surface area contributed by atoms with Crippen molar-refractivity contribution < 1.29 is 14.4 Å². The first-order valence-electron chi connectivity index (χ1n) is 7.66. The van der Waals surface area contributed by atoms with E-state index in [1.54, 1.807) is 0 Å². The molecule has 3 nitrogen and oxygen atoms in total. The van der Waals surface area contributed by atoms with Crippen LogP contribution in [0.1, 0.15) is 16.7 Å². The number of hydrogen-bond donors (Lipinski definition) is 2. The maximum absolute atomic E-state index is 10.2. The van der Waals surface area contributed by atoms with Crippen LogP contribution in [0, 0.1) is 0 Å². The lowest BCUT2D eigenvalue weighted by Crippen LogP contribution is -2.28. The molecule has 0 amide bonds. The summed E-state index contributed by atoms with van der Waals surface area (Å²) in [5.74, 6) is 0.252. The predicted molar refractivity (Wildman–Crippen MR) is 120 cm³/mol. The van der Waals surface area contributed by atoms with Crippen molar-refractivity contribution in [3.05, 3.63) is 83.1 Å². The summed E-state index contributed by atoms with van der Waals surface area (Å²) in [5.41, 5.74) is 1.74. The summed E-state index contributed by atoms with van der Waals surface area (Å²) >= 11 is 15.0. The summed E-state index contributed by atoms with van der Waals surface area (Å²) in [7, 11) is 0. The van der Waals surface area contributed by atoms with Crippen molar-refractivity contribution in [1.29, 1.82) is 0 Å². The Hall–Kier alpha value is -0.510. The van der Waals surface area contributed by atoms with Crippen molar-refractivity contribution in [3.8, 4) is 11.5 Å². The van der Waals surface area contributed by atoms with Crippen molar-refractivity contribution in [3.63, 3.8) is 0 Å². The number of fused-ring (bicyclic) bond motifs is 1. The van der Waals surface area contributed by atoms with Gasteiger partial charge in [0.1, 0.15) is 11.5 Å². The molecule has 27 heavy (non-hydrogen) atoms. The first-order valence-corrected chi connectivity index (χ1v) is 11.6. The Balaban J connectivity index is 2.08. The van der Waals surface area contributed by atoms with Gasteiger partial charge in [-0.1, -0.05) is 18.2 Å². The Labute approximate surface area is 193 Å². The zero-order valence-corrected chi connectivity index (χ0v) is 20.5. The second kappa shape index (κ2) is 7.39. The third kappa shape index (κ3) is 3.18. The molecule has 3 aromatic rings. The van der Waals surface area contributed by atoms with Crippen molar-refractivity contribution in [2.24, 2.45) is 0 Å². The summed E-state index contributed by atoms with van der Waals surface area (Å²) < 4.78 is 8.58. The van der Waals surface area contributed by atoms with Crippen LogP contribution in [0.5, 0.6) is 11.5 Å². The zero-order chi connectivity index (χ0) is 19.3. The Morgan fingerprint density at radius 3 is 1.67 bits per heavy atom. The minimum absolute atomic E-state index is 0.126. The molecule has 0 spiro atoms. The smallest absolute Gasteiger partial charge is 0.160 e. The monoisotopic (exact) mass is 634 g/mol. The van der Waals surface area contributed by atoms with Gasteiger partial charge in [0.15, 0.2) is 5.60 Å². The van der Waals surface area contributed by atoms with Crippen LogP contribution in [0.4, 0.5) is 0 Å². The molecular formula is C19H10Br4O3S. The average Bonchev–Trinajstić information content (AvgIpc) is 3.04. The number of phenols is 2. The lowest BCUT2D eigenvalue weighted by atomic mass is 9.80. The first kappa shape index (κ1) is 19.8. The summed E-state index contributed by atoms with van der Waals surface area (Å²) in [5, 5.41) is 20.3. The Kier molecular flexibility index (Phi) is 5.42. The van der Waals surface area contributed by atoms with Crippen LogP contribution in [0.25, 0.3) is 0 Å². The fourth-order valence-corrected chi connectivity index (χ4v) is 6.40. The standard InChI is InChI=1S/C19H10Br4O3S/c20-12-5-9(6-13(21)17(12)24)19(10-7-14(22)18(25)15(23)8-10)11-3-1-2-4-16(11)27-26-19/h1-8,24-25H. The van der Waals surface area contributed by atoms with E-state index in [2.05, 4.69) is 63.7 Å². The summed E-state index contributed by atoms with van der Waals surface area (Å²) in [4.78, 5) is 1.01. The van der Waals surface area contributed by atoms with E-state index in [4.69, 9.17) is 4.18 Å². The first-order chi connectivity index (χ1) is 12.8. The number of benzene rings is 3. The maximum Gasteiger partial charge on any atom is 0.160 e. The van der Waals surface area contributed by atoms with Gasteiger partial charge in [-0.3, -0.25) is 4.18 Å². The topological polar surface area (TPSA) is 49.7 Å². The third-order valence-electron chi connectivity index (χ3n) is 4.37. The molecular weight excluding hydrogens is 628 g/mol. The third-order valence-corrected chi connectivity index (χ3v) is 7.66. The van der Waals surface area contributed by atoms with Gasteiger partial charge in [0.05, 0.1) is 17.9 Å². The second-order valence-electron chi connectivity index (χ2n) is 5.92. The molecule has 0 aliphatic carbocycles. The van der Waals surface area contributed by atoms with Gasteiger partial charge in [0, 0.05) is 22.5 Å². The molecule has 2 N–H and O–H groups in total. The molecule has 4 rings (SSSR count). The molecule has 0 radical (unpaired) electrons. The van der Waals surface area contributed by atoms with E-state index < -0.39 is 5.60 Å². The van der Waals surface area contributed by atoms with E-state index in [1.165, 1.54) is 12.0 Å². The van der Waals surface area contributed by atoms with Gasteiger partial charge in [0.25, 0.3) is 0 Å². The molecule has 0 saturated heterocycles. The highest BCUT2D eigenvalue weighted by Crippen LogP contribution is 2.55. The van der Waals surface area contributed by atoms with Crippen LogP contribution in [0.2, 0.25) is 0 Å². The van der Waals surface area contributed by atoms with Gasteiger partial charge in [-0.05, 0) is 105 Å². The molecule has 138 valence electrons. The number of hydrogen-bond acceptors (Lipinski definition) is 4. The van der Waals surface area contributed by atoms with Crippen LogP contribution < -0.4 is 0 Å². The minimum Gasteiger partial charge on any atom is -0.506 e. The largest absolute Gasteiger partial charge is 0.506 e. The molecule has 0 aromatic heterocycles. The van der Waals surface area contributed by atoms with Crippen LogP contribution in [0.3, 0.4) is 0 Å². The van der Waals surface area contributed by atoms with E-state index in [9.17, 15) is 10.2 Å². The van der Waals surface area contributed by atoms with E-state index in [0.29, 0.717) is 17.9 Å². The lowest BCUT2D eigenvalue weighted by Gasteiger charge is -2.31. The molecule has 0 saturated carbocycles. The molecule has 1 aliphatic heterocycles. The van der Waals surface area contributed by atoms with Crippen LogP contribution >= 0.6 is 75.8 Å². The Morgan fingerprint density at radius 1 is 0.741 bits per heavy atom. The number of phenolic OH excluding ortho intramolecular Hbond substituents is 2. The quantitative estimate of drug-likeness (QED) is 0.286. The van der Waals surface area contributed by atoms with Crippen molar-refractivity contribution in [2.45, 2.75) is 10.5 Å². The van der Waals surface area contributed by atoms with Gasteiger partial charge in [-0.2, -0.15) is 0 Å². The highest BCUT2D eigenvalue weighted by molar-refractivity contribution is 9.11. The molecule has 1 aliphatic rings. The molecule has 0 fully saturated rings. The average molecular weight is 638 g/mol. The van der Waals surface area contributed by atoms with Gasteiger partial charge >= 0.3 is 0 Å². The van der Waals surface area contributed by atoms with E-state index in [-0.39, 0.29) is 11.5 Å². The highest BCUT2D eigenvalue weighted by atomic mass is 79.9. The predicted octanol–water partition coefficient (Wildman–Crippen LogP) is 7.48. The van der Waals surface area contributed by atoms with Crippen molar-refractivity contribution in [2.75, 3.05) is 0 Å². The molecule has 0 unspecified atom stereocenters. The fourth-order valence-electron chi connectivity index (χ4n) is 3.09. The van der Waals surface area contributed by atoms with Crippen molar-refractivity contribution >= 4 is 75.8 Å². The van der Waals surface area contributed by atoms with Gasteiger partial charge in [-0.15, -0.1) is 0 Å². The molecule has 1 heterocycles. The van der Waals surface area contributed by atoms with Gasteiger partial charge in [-0.25, -0.2) is 0 Å². The number of aromatic hydroxyl groups is 2. The molecule has 3 aromatic carbocycles. The fraction of sp³-hybridized carbons (Fsp3) is 0.0526. The number of rotatable bonds is 2. The van der Waals surface area contributed by atoms with Crippen LogP contribution in [0.15, 0.2) is 71.3 Å². The van der Waals surface area contributed by atoms with Crippen molar-refractivity contribution in [1.82, 2.24) is 0 Å². The second-order valence-corrected chi connectivity index (χ2v) is 10.1. The van der Waals surface area contributed by atoms with Gasteiger partial charge in [0.2, 0.25) is 0 Å². The highest BCUT2D eigenvalue weighted by Gasteiger charge is 2.45. The summed E-state index contributed by atoms with van der Waals surface area (Å²) in [6, 6.07) is 15.4. The normalized spacial score (nSPS) is 15.0. The molecule has 0 bridgehead atoms. The number of halogens is 4. The van der Waals surface area contributed by atoms with E-state index >= 15 is 0 Å². The van der Waals surface area contributed by atoms with Crippen LogP contribution in [-0.4, -0.2) is 10.2 Å². The Bertz CT molecular complexity index is 967. The molecule has 0 atom stereocenters. The van der Waals surface area contributed by atoms with Crippen LogP contribution in [-0.2, 0) is 9.78 Å². The molecule has 8 heteroatoms. The summed E-state index contributed by atoms with van der Waals surface area (Å²) in [6.07, 6.45) is 0. The maximum atomic E-state index is 10.2.